The quantitative estimate of drug-likeness (QED) is 0.773. The number of aromatic nitrogens is 2. The van der Waals surface area contributed by atoms with E-state index in [4.69, 9.17) is 0 Å². The Morgan fingerprint density at radius 3 is 2.69 bits per heavy atom. The first-order valence-electron chi connectivity index (χ1n) is 5.74. The molecule has 2 heterocycles. The molecule has 86 valence electrons. The number of hydrogen-bond acceptors (Lipinski definition) is 4. The molecule has 4 nitrogen and oxygen atoms in total. The Morgan fingerprint density at radius 2 is 2.06 bits per heavy atom. The number of hydrogen-bond donors (Lipinski definition) is 0. The van der Waals surface area contributed by atoms with Crippen LogP contribution in [0.4, 0.5) is 5.82 Å². The second-order valence-electron chi connectivity index (χ2n) is 4.34. The van der Waals surface area contributed by atoms with Gasteiger partial charge in [-0.2, -0.15) is 0 Å². The fourth-order valence-corrected chi connectivity index (χ4v) is 2.07. The van der Waals surface area contributed by atoms with Crippen molar-refractivity contribution in [1.82, 2.24) is 9.97 Å². The lowest BCUT2D eigenvalue weighted by Crippen LogP contribution is -2.20. The van der Waals surface area contributed by atoms with Crippen molar-refractivity contribution in [2.45, 2.75) is 33.1 Å². The van der Waals surface area contributed by atoms with Gasteiger partial charge in [0.15, 0.2) is 0 Å². The fourth-order valence-electron chi connectivity index (χ4n) is 2.07. The SMILES string of the molecule is CC(=O)Cc1cc(N2CCCC2)nc(C)n1. The van der Waals surface area contributed by atoms with E-state index in [9.17, 15) is 4.79 Å². The lowest BCUT2D eigenvalue weighted by molar-refractivity contribution is -0.116. The zero-order valence-electron chi connectivity index (χ0n) is 9.86. The van der Waals surface area contributed by atoms with Gasteiger partial charge in [0, 0.05) is 25.6 Å². The second-order valence-corrected chi connectivity index (χ2v) is 4.34. The van der Waals surface area contributed by atoms with Crippen LogP contribution in [0.2, 0.25) is 0 Å². The van der Waals surface area contributed by atoms with E-state index in [-0.39, 0.29) is 5.78 Å². The molecular weight excluding hydrogens is 202 g/mol. The number of carbonyl (C=O) groups is 1. The summed E-state index contributed by atoms with van der Waals surface area (Å²) in [6, 6.07) is 1.94. The Balaban J connectivity index is 2.24. The first-order chi connectivity index (χ1) is 7.65. The number of Topliss-reactive ketones (excluding diaryl/α,β-unsaturated/α-hetero) is 1. The molecular formula is C12H17N3O. The van der Waals surface area contributed by atoms with E-state index in [2.05, 4.69) is 14.9 Å². The summed E-state index contributed by atoms with van der Waals surface area (Å²) in [5.74, 6) is 1.87. The molecule has 16 heavy (non-hydrogen) atoms. The van der Waals surface area contributed by atoms with Gasteiger partial charge in [-0.3, -0.25) is 4.79 Å². The maximum atomic E-state index is 11.1. The average Bonchev–Trinajstić information content (AvgIpc) is 2.67. The van der Waals surface area contributed by atoms with Crippen LogP contribution >= 0.6 is 0 Å². The first-order valence-corrected chi connectivity index (χ1v) is 5.74. The number of nitrogens with zero attached hydrogens (tertiary/aromatic N) is 3. The standard InChI is InChI=1S/C12H17N3O/c1-9(16)7-11-8-12(14-10(2)13-11)15-5-3-4-6-15/h8H,3-7H2,1-2H3. The van der Waals surface area contributed by atoms with Gasteiger partial charge >= 0.3 is 0 Å². The van der Waals surface area contributed by atoms with Crippen molar-refractivity contribution < 1.29 is 4.79 Å². The minimum absolute atomic E-state index is 0.144. The van der Waals surface area contributed by atoms with Gasteiger partial charge in [0.25, 0.3) is 0 Å². The van der Waals surface area contributed by atoms with Crippen LogP contribution in [0, 0.1) is 6.92 Å². The summed E-state index contributed by atoms with van der Waals surface area (Å²) in [7, 11) is 0. The lowest BCUT2D eigenvalue weighted by Gasteiger charge is -2.17. The summed E-state index contributed by atoms with van der Waals surface area (Å²) >= 11 is 0. The number of rotatable bonds is 3. The molecule has 0 unspecified atom stereocenters. The Hall–Kier alpha value is -1.45. The van der Waals surface area contributed by atoms with E-state index >= 15 is 0 Å². The molecule has 1 aromatic rings. The van der Waals surface area contributed by atoms with E-state index in [1.54, 1.807) is 6.92 Å². The average molecular weight is 219 g/mol. The lowest BCUT2D eigenvalue weighted by atomic mass is 10.2. The maximum absolute atomic E-state index is 11.1. The van der Waals surface area contributed by atoms with Crippen LogP contribution in [0.25, 0.3) is 0 Å². The van der Waals surface area contributed by atoms with E-state index in [0.717, 1.165) is 30.4 Å². The van der Waals surface area contributed by atoms with Gasteiger partial charge < -0.3 is 4.90 Å². The van der Waals surface area contributed by atoms with Gasteiger partial charge in [0.2, 0.25) is 0 Å². The molecule has 0 amide bonds. The smallest absolute Gasteiger partial charge is 0.135 e. The molecule has 0 N–H and O–H groups in total. The molecule has 4 heteroatoms. The monoisotopic (exact) mass is 219 g/mol. The molecule has 0 atom stereocenters. The minimum Gasteiger partial charge on any atom is -0.357 e. The van der Waals surface area contributed by atoms with Crippen LogP contribution in [0.3, 0.4) is 0 Å². The van der Waals surface area contributed by atoms with Crippen molar-refractivity contribution in [3.63, 3.8) is 0 Å². The highest BCUT2D eigenvalue weighted by Crippen LogP contribution is 2.18. The predicted molar refractivity (Wildman–Crippen MR) is 62.6 cm³/mol. The third-order valence-corrected chi connectivity index (χ3v) is 2.74. The number of aryl methyl sites for hydroxylation is 1. The molecule has 2 rings (SSSR count). The third-order valence-electron chi connectivity index (χ3n) is 2.74. The fraction of sp³-hybridized carbons (Fsp3) is 0.583. The molecule has 0 aliphatic carbocycles. The minimum atomic E-state index is 0.144. The molecule has 1 aliphatic rings. The number of ketones is 1. The Bertz CT molecular complexity index is 397. The molecule has 0 spiro atoms. The van der Waals surface area contributed by atoms with Crippen molar-refractivity contribution in [2.75, 3.05) is 18.0 Å². The van der Waals surface area contributed by atoms with Gasteiger partial charge in [0.05, 0.1) is 5.69 Å². The first kappa shape index (κ1) is 11.0. The highest BCUT2D eigenvalue weighted by Gasteiger charge is 2.15. The summed E-state index contributed by atoms with van der Waals surface area (Å²) in [6.45, 7) is 5.60. The molecule has 0 aromatic carbocycles. The van der Waals surface area contributed by atoms with Crippen LogP contribution in [0.1, 0.15) is 31.3 Å². The Morgan fingerprint density at radius 1 is 1.38 bits per heavy atom. The van der Waals surface area contributed by atoms with Crippen LogP contribution in [0.5, 0.6) is 0 Å². The summed E-state index contributed by atoms with van der Waals surface area (Å²) in [4.78, 5) is 22.1. The largest absolute Gasteiger partial charge is 0.357 e. The molecule has 0 radical (unpaired) electrons. The summed E-state index contributed by atoms with van der Waals surface area (Å²) in [5.41, 5.74) is 0.835. The van der Waals surface area contributed by atoms with Crippen LogP contribution in [0.15, 0.2) is 6.07 Å². The molecule has 1 saturated heterocycles. The van der Waals surface area contributed by atoms with E-state index in [1.807, 2.05) is 13.0 Å². The van der Waals surface area contributed by atoms with Crippen molar-refractivity contribution in [1.29, 1.82) is 0 Å². The van der Waals surface area contributed by atoms with Crippen LogP contribution < -0.4 is 4.90 Å². The van der Waals surface area contributed by atoms with Gasteiger partial charge in [0.1, 0.15) is 17.4 Å². The van der Waals surface area contributed by atoms with Gasteiger partial charge in [-0.05, 0) is 26.7 Å². The van der Waals surface area contributed by atoms with Crippen molar-refractivity contribution in [3.8, 4) is 0 Å². The van der Waals surface area contributed by atoms with Crippen molar-refractivity contribution >= 4 is 11.6 Å². The number of anilines is 1. The topological polar surface area (TPSA) is 46.1 Å². The van der Waals surface area contributed by atoms with E-state index in [1.165, 1.54) is 12.8 Å². The zero-order valence-corrected chi connectivity index (χ0v) is 9.86. The van der Waals surface area contributed by atoms with Crippen LogP contribution in [-0.4, -0.2) is 28.8 Å². The predicted octanol–water partition coefficient (Wildman–Crippen LogP) is 1.52. The molecule has 1 aromatic heterocycles. The summed E-state index contributed by atoms with van der Waals surface area (Å²) in [5, 5.41) is 0. The molecule has 0 bridgehead atoms. The van der Waals surface area contributed by atoms with Gasteiger partial charge in [-0.1, -0.05) is 0 Å². The van der Waals surface area contributed by atoms with Gasteiger partial charge in [-0.15, -0.1) is 0 Å². The van der Waals surface area contributed by atoms with Crippen LogP contribution in [-0.2, 0) is 11.2 Å². The maximum Gasteiger partial charge on any atom is 0.135 e. The van der Waals surface area contributed by atoms with E-state index in [0.29, 0.717) is 6.42 Å². The molecule has 0 saturated carbocycles. The zero-order chi connectivity index (χ0) is 11.5. The van der Waals surface area contributed by atoms with Crippen molar-refractivity contribution in [3.05, 3.63) is 17.6 Å². The Labute approximate surface area is 95.7 Å². The Kier molecular flexibility index (Phi) is 3.17. The molecule has 1 aliphatic heterocycles. The van der Waals surface area contributed by atoms with E-state index < -0.39 is 0 Å². The number of carbonyl (C=O) groups excluding carboxylic acids is 1. The van der Waals surface area contributed by atoms with Crippen molar-refractivity contribution in [2.24, 2.45) is 0 Å². The normalized spacial score (nSPS) is 15.5. The molecule has 1 fully saturated rings. The highest BCUT2D eigenvalue weighted by molar-refractivity contribution is 5.77. The second kappa shape index (κ2) is 4.60. The summed E-state index contributed by atoms with van der Waals surface area (Å²) < 4.78 is 0. The van der Waals surface area contributed by atoms with Gasteiger partial charge in [-0.25, -0.2) is 9.97 Å². The highest BCUT2D eigenvalue weighted by atomic mass is 16.1. The third kappa shape index (κ3) is 2.56. The summed E-state index contributed by atoms with van der Waals surface area (Å²) in [6.07, 6.45) is 2.86.